The third-order valence-electron chi connectivity index (χ3n) is 2.02. The van der Waals surface area contributed by atoms with Crippen LogP contribution < -0.4 is 5.32 Å². The highest BCUT2D eigenvalue weighted by atomic mass is 35.5. The molecule has 0 aliphatic heterocycles. The van der Waals surface area contributed by atoms with E-state index in [-0.39, 0.29) is 11.8 Å². The van der Waals surface area contributed by atoms with Crippen molar-refractivity contribution in [3.63, 3.8) is 0 Å². The van der Waals surface area contributed by atoms with Crippen LogP contribution >= 0.6 is 23.2 Å². The molecule has 1 atom stereocenters. The number of benzene rings is 1. The molecule has 14 heavy (non-hydrogen) atoms. The van der Waals surface area contributed by atoms with Crippen molar-refractivity contribution in [2.45, 2.75) is 13.0 Å². The Labute approximate surface area is 93.2 Å². The minimum absolute atomic E-state index is 0.0332. The maximum atomic E-state index is 11.7. The van der Waals surface area contributed by atoms with E-state index in [0.29, 0.717) is 15.6 Å². The number of likely N-dealkylation sites (N-methyl/N-ethyl adjacent to an activating group) is 1. The summed E-state index contributed by atoms with van der Waals surface area (Å²) in [6, 6.07) is 4.62. The molecule has 2 nitrogen and oxygen atoms in total. The fraction of sp³-hybridized carbons (Fsp3) is 0.300. The van der Waals surface area contributed by atoms with Crippen molar-refractivity contribution in [1.82, 2.24) is 5.32 Å². The van der Waals surface area contributed by atoms with Gasteiger partial charge in [0, 0.05) is 10.6 Å². The van der Waals surface area contributed by atoms with Crippen LogP contribution in [0.5, 0.6) is 0 Å². The lowest BCUT2D eigenvalue weighted by atomic mass is 10.1. The van der Waals surface area contributed by atoms with Gasteiger partial charge in [-0.25, -0.2) is 0 Å². The lowest BCUT2D eigenvalue weighted by molar-refractivity contribution is 0.0955. The second kappa shape index (κ2) is 4.78. The zero-order valence-electron chi connectivity index (χ0n) is 7.97. The first-order valence-electron chi connectivity index (χ1n) is 4.22. The second-order valence-corrected chi connectivity index (χ2v) is 3.84. The maximum Gasteiger partial charge on any atom is 0.180 e. The quantitative estimate of drug-likeness (QED) is 0.812. The summed E-state index contributed by atoms with van der Waals surface area (Å²) in [5.41, 5.74) is 0.498. The maximum absolute atomic E-state index is 11.7. The van der Waals surface area contributed by atoms with Gasteiger partial charge in [0.05, 0.1) is 11.1 Å². The molecule has 0 heterocycles. The molecule has 1 N–H and O–H groups in total. The van der Waals surface area contributed by atoms with Crippen molar-refractivity contribution in [3.05, 3.63) is 33.8 Å². The van der Waals surface area contributed by atoms with E-state index in [0.717, 1.165) is 0 Å². The molecule has 0 amide bonds. The Balaban J connectivity index is 3.02. The highest BCUT2D eigenvalue weighted by Gasteiger charge is 2.15. The minimum Gasteiger partial charge on any atom is -0.310 e. The number of nitrogens with one attached hydrogen (secondary N) is 1. The summed E-state index contributed by atoms with van der Waals surface area (Å²) in [7, 11) is 1.73. The predicted octanol–water partition coefficient (Wildman–Crippen LogP) is 2.78. The Hall–Kier alpha value is -0.570. The van der Waals surface area contributed by atoms with Crippen LogP contribution in [0.3, 0.4) is 0 Å². The van der Waals surface area contributed by atoms with Gasteiger partial charge in [-0.05, 0) is 32.2 Å². The van der Waals surface area contributed by atoms with Crippen LogP contribution in [-0.2, 0) is 0 Å². The predicted molar refractivity (Wildman–Crippen MR) is 59.3 cm³/mol. The first-order chi connectivity index (χ1) is 6.56. The average Bonchev–Trinajstić information content (AvgIpc) is 2.15. The molecule has 1 unspecified atom stereocenters. The van der Waals surface area contributed by atoms with E-state index < -0.39 is 0 Å². The molecule has 0 saturated carbocycles. The Bertz CT molecular complexity index is 352. The summed E-state index contributed by atoms with van der Waals surface area (Å²) in [6.07, 6.45) is 0. The molecule has 0 saturated heterocycles. The van der Waals surface area contributed by atoms with Gasteiger partial charge in [0.2, 0.25) is 0 Å². The molecule has 1 rings (SSSR count). The van der Waals surface area contributed by atoms with E-state index in [1.807, 2.05) is 0 Å². The molecule has 0 fully saturated rings. The van der Waals surface area contributed by atoms with Crippen molar-refractivity contribution in [2.75, 3.05) is 7.05 Å². The summed E-state index contributed by atoms with van der Waals surface area (Å²) in [6.45, 7) is 1.78. The first kappa shape index (κ1) is 11.5. The summed E-state index contributed by atoms with van der Waals surface area (Å²) in [5.74, 6) is -0.0332. The third kappa shape index (κ3) is 2.47. The molecule has 0 aliphatic rings. The van der Waals surface area contributed by atoms with Gasteiger partial charge in [0.1, 0.15) is 0 Å². The van der Waals surface area contributed by atoms with Gasteiger partial charge in [0.15, 0.2) is 5.78 Å². The van der Waals surface area contributed by atoms with Gasteiger partial charge in [-0.2, -0.15) is 0 Å². The molecule has 0 aliphatic carbocycles. The van der Waals surface area contributed by atoms with Crippen molar-refractivity contribution in [2.24, 2.45) is 0 Å². The monoisotopic (exact) mass is 231 g/mol. The smallest absolute Gasteiger partial charge is 0.180 e. The van der Waals surface area contributed by atoms with Crippen molar-refractivity contribution in [1.29, 1.82) is 0 Å². The van der Waals surface area contributed by atoms with Gasteiger partial charge < -0.3 is 5.32 Å². The SMILES string of the molecule is CNC(C)C(=O)c1ccc(Cl)cc1Cl. The highest BCUT2D eigenvalue weighted by molar-refractivity contribution is 6.37. The molecular weight excluding hydrogens is 221 g/mol. The molecular formula is C10H11Cl2NO. The first-order valence-corrected chi connectivity index (χ1v) is 4.98. The highest BCUT2D eigenvalue weighted by Crippen LogP contribution is 2.21. The second-order valence-electron chi connectivity index (χ2n) is 3.00. The summed E-state index contributed by atoms with van der Waals surface area (Å²) >= 11 is 11.6. The van der Waals surface area contributed by atoms with Gasteiger partial charge >= 0.3 is 0 Å². The van der Waals surface area contributed by atoms with Crippen molar-refractivity contribution in [3.8, 4) is 0 Å². The van der Waals surface area contributed by atoms with E-state index >= 15 is 0 Å². The molecule has 1 aromatic carbocycles. The molecule has 76 valence electrons. The standard InChI is InChI=1S/C10H11Cl2NO/c1-6(13-2)10(14)8-4-3-7(11)5-9(8)12/h3-6,13H,1-2H3. The Morgan fingerprint density at radius 1 is 1.43 bits per heavy atom. The zero-order chi connectivity index (χ0) is 10.7. The fourth-order valence-corrected chi connectivity index (χ4v) is 1.56. The number of Topliss-reactive ketones (excluding diaryl/α,β-unsaturated/α-hetero) is 1. The number of halogens is 2. The number of ketones is 1. The third-order valence-corrected chi connectivity index (χ3v) is 2.57. The number of carbonyl (C=O) groups excluding carboxylic acids is 1. The molecule has 0 radical (unpaired) electrons. The van der Waals surface area contributed by atoms with E-state index in [9.17, 15) is 4.79 Å². The zero-order valence-corrected chi connectivity index (χ0v) is 9.49. The molecule has 1 aromatic rings. The topological polar surface area (TPSA) is 29.1 Å². The fourth-order valence-electron chi connectivity index (χ4n) is 1.05. The Morgan fingerprint density at radius 2 is 2.07 bits per heavy atom. The molecule has 0 aromatic heterocycles. The van der Waals surface area contributed by atoms with E-state index in [1.165, 1.54) is 0 Å². The molecule has 0 bridgehead atoms. The average molecular weight is 232 g/mol. The largest absolute Gasteiger partial charge is 0.310 e. The van der Waals surface area contributed by atoms with Crippen LogP contribution in [0.4, 0.5) is 0 Å². The number of carbonyl (C=O) groups is 1. The van der Waals surface area contributed by atoms with Crippen molar-refractivity contribution >= 4 is 29.0 Å². The van der Waals surface area contributed by atoms with Gasteiger partial charge in [-0.3, -0.25) is 4.79 Å². The molecule has 4 heteroatoms. The van der Waals surface area contributed by atoms with E-state index in [2.05, 4.69) is 5.32 Å². The van der Waals surface area contributed by atoms with Gasteiger partial charge in [0.25, 0.3) is 0 Å². The lowest BCUT2D eigenvalue weighted by Crippen LogP contribution is -2.30. The van der Waals surface area contributed by atoms with Crippen LogP contribution in [-0.4, -0.2) is 18.9 Å². The van der Waals surface area contributed by atoms with Crippen LogP contribution in [0.15, 0.2) is 18.2 Å². The number of hydrogen-bond acceptors (Lipinski definition) is 2. The normalized spacial score (nSPS) is 12.6. The Kier molecular flexibility index (Phi) is 3.93. The number of hydrogen-bond donors (Lipinski definition) is 1. The van der Waals surface area contributed by atoms with Crippen LogP contribution in [0, 0.1) is 0 Å². The minimum atomic E-state index is -0.242. The lowest BCUT2D eigenvalue weighted by Gasteiger charge is -2.10. The van der Waals surface area contributed by atoms with E-state index in [4.69, 9.17) is 23.2 Å². The number of rotatable bonds is 3. The summed E-state index contributed by atoms with van der Waals surface area (Å²) in [4.78, 5) is 11.7. The molecule has 0 spiro atoms. The summed E-state index contributed by atoms with van der Waals surface area (Å²) in [5, 5.41) is 3.79. The van der Waals surface area contributed by atoms with Crippen molar-refractivity contribution < 1.29 is 4.79 Å². The van der Waals surface area contributed by atoms with E-state index in [1.54, 1.807) is 32.2 Å². The Morgan fingerprint density at radius 3 is 2.57 bits per heavy atom. The van der Waals surface area contributed by atoms with Gasteiger partial charge in [-0.1, -0.05) is 23.2 Å². The summed E-state index contributed by atoms with van der Waals surface area (Å²) < 4.78 is 0. The van der Waals surface area contributed by atoms with Gasteiger partial charge in [-0.15, -0.1) is 0 Å². The van der Waals surface area contributed by atoms with Crippen LogP contribution in [0.25, 0.3) is 0 Å². The van der Waals surface area contributed by atoms with Crippen LogP contribution in [0.2, 0.25) is 10.0 Å². The van der Waals surface area contributed by atoms with Crippen LogP contribution in [0.1, 0.15) is 17.3 Å².